The van der Waals surface area contributed by atoms with Crippen LogP contribution in [0.3, 0.4) is 0 Å². The first-order valence-corrected chi connectivity index (χ1v) is 6.93. The van der Waals surface area contributed by atoms with E-state index in [1.54, 1.807) is 6.92 Å². The van der Waals surface area contributed by atoms with E-state index in [9.17, 15) is 20.0 Å². The number of aliphatic hydroxyl groups excluding tert-OH is 1. The second-order valence-electron chi connectivity index (χ2n) is 3.62. The lowest BCUT2D eigenvalue weighted by molar-refractivity contribution is -0.384. The van der Waals surface area contributed by atoms with Crippen LogP contribution in [0.2, 0.25) is 0 Å². The van der Waals surface area contributed by atoms with Crippen molar-refractivity contribution in [3.8, 4) is 0 Å². The van der Waals surface area contributed by atoms with E-state index >= 15 is 0 Å². The summed E-state index contributed by atoms with van der Waals surface area (Å²) >= 11 is 2.99. The highest BCUT2D eigenvalue weighted by Crippen LogP contribution is 2.20. The third-order valence-corrected chi connectivity index (χ3v) is 2.73. The first-order valence-electron chi connectivity index (χ1n) is 5.81. The minimum absolute atomic E-state index is 0.0143. The molecule has 0 saturated heterocycles. The molecular weight excluding hydrogens is 346 g/mol. The quantitative estimate of drug-likeness (QED) is 0.159. The van der Waals surface area contributed by atoms with Gasteiger partial charge < -0.3 is 9.84 Å². The lowest BCUT2D eigenvalue weighted by Crippen LogP contribution is -2.09. The molecule has 0 atom stereocenters. The highest BCUT2D eigenvalue weighted by atomic mass is 79.9. The van der Waals surface area contributed by atoms with Crippen molar-refractivity contribution < 1.29 is 19.6 Å². The molecule has 0 aliphatic carbocycles. The van der Waals surface area contributed by atoms with E-state index in [0.717, 1.165) is 0 Å². The number of ether oxygens (including phenoxy) is 1. The molecule has 21 heavy (non-hydrogen) atoms. The largest absolute Gasteiger partial charge is 0.509 e. The molecule has 9 heteroatoms. The lowest BCUT2D eigenvalue weighted by atomic mass is 10.3. The van der Waals surface area contributed by atoms with Gasteiger partial charge in [-0.3, -0.25) is 10.1 Å². The third-order valence-electron chi connectivity index (χ3n) is 2.19. The van der Waals surface area contributed by atoms with E-state index in [1.807, 2.05) is 0 Å². The van der Waals surface area contributed by atoms with Gasteiger partial charge in [-0.1, -0.05) is 15.9 Å². The summed E-state index contributed by atoms with van der Waals surface area (Å²) in [6, 6.07) is 5.25. The number of allylic oxidation sites excluding steroid dienone is 1. The Labute approximate surface area is 128 Å². The number of alkyl halides is 1. The molecule has 0 aromatic heterocycles. The average Bonchev–Trinajstić information content (AvgIpc) is 2.47. The van der Waals surface area contributed by atoms with Crippen LogP contribution in [0, 0.1) is 10.1 Å². The molecule has 0 spiro atoms. The Hall–Kier alpha value is -2.29. The number of esters is 1. The smallest absolute Gasteiger partial charge is 0.362 e. The summed E-state index contributed by atoms with van der Waals surface area (Å²) in [7, 11) is 0. The summed E-state index contributed by atoms with van der Waals surface area (Å²) in [4.78, 5) is 21.6. The van der Waals surface area contributed by atoms with Crippen LogP contribution in [0.1, 0.15) is 6.92 Å². The summed E-state index contributed by atoms with van der Waals surface area (Å²) in [5, 5.41) is 27.5. The van der Waals surface area contributed by atoms with E-state index in [-0.39, 0.29) is 29.1 Å². The summed E-state index contributed by atoms with van der Waals surface area (Å²) in [6.07, 6.45) is 0. The maximum atomic E-state index is 11.6. The van der Waals surface area contributed by atoms with Crippen LogP contribution >= 0.6 is 15.9 Å². The number of nitrogens with zero attached hydrogens (tertiary/aromatic N) is 3. The van der Waals surface area contributed by atoms with E-state index in [4.69, 9.17) is 4.74 Å². The molecule has 0 aliphatic rings. The molecule has 0 bridgehead atoms. The molecule has 0 saturated carbocycles. The Morgan fingerprint density at radius 2 is 2.05 bits per heavy atom. The van der Waals surface area contributed by atoms with E-state index < -0.39 is 10.9 Å². The molecule has 0 unspecified atom stereocenters. The Balaban J connectivity index is 2.98. The van der Waals surface area contributed by atoms with Crippen LogP contribution in [0.25, 0.3) is 0 Å². The summed E-state index contributed by atoms with van der Waals surface area (Å²) in [6.45, 7) is 1.75. The number of azo groups is 1. The highest BCUT2D eigenvalue weighted by molar-refractivity contribution is 9.09. The first-order chi connectivity index (χ1) is 9.99. The van der Waals surface area contributed by atoms with Crippen molar-refractivity contribution in [2.24, 2.45) is 10.2 Å². The number of benzene rings is 1. The Kier molecular flexibility index (Phi) is 6.47. The number of hydrogen-bond donors (Lipinski definition) is 1. The summed E-state index contributed by atoms with van der Waals surface area (Å²) in [5.41, 5.74) is -0.115. The molecule has 1 aromatic carbocycles. The minimum atomic E-state index is -0.805. The number of nitro benzene ring substituents is 1. The molecule has 1 rings (SSSR count). The van der Waals surface area contributed by atoms with Crippen molar-refractivity contribution in [3.05, 3.63) is 45.8 Å². The zero-order chi connectivity index (χ0) is 15.8. The monoisotopic (exact) mass is 357 g/mol. The zero-order valence-electron chi connectivity index (χ0n) is 11.0. The molecule has 0 aliphatic heterocycles. The van der Waals surface area contributed by atoms with Gasteiger partial charge in [-0.25, -0.2) is 4.79 Å². The zero-order valence-corrected chi connectivity index (χ0v) is 12.6. The SMILES string of the molecule is CCOC(=O)/C(N=Nc1ccc([N+](=O)[O-])cc1)=C(\O)CBr. The molecule has 112 valence electrons. The second-order valence-corrected chi connectivity index (χ2v) is 4.18. The van der Waals surface area contributed by atoms with Crippen LogP contribution in [0.15, 0.2) is 46.0 Å². The van der Waals surface area contributed by atoms with Crippen molar-refractivity contribution in [1.82, 2.24) is 0 Å². The van der Waals surface area contributed by atoms with Crippen LogP contribution in [-0.4, -0.2) is 27.9 Å². The van der Waals surface area contributed by atoms with E-state index in [1.165, 1.54) is 24.3 Å². The number of hydrogen-bond acceptors (Lipinski definition) is 7. The van der Waals surface area contributed by atoms with Gasteiger partial charge in [0.25, 0.3) is 5.69 Å². The van der Waals surface area contributed by atoms with Crippen molar-refractivity contribution in [3.63, 3.8) is 0 Å². The number of non-ortho nitro benzene ring substituents is 1. The number of halogens is 1. The van der Waals surface area contributed by atoms with Gasteiger partial charge in [-0.2, -0.15) is 5.11 Å². The van der Waals surface area contributed by atoms with Crippen molar-refractivity contribution in [2.75, 3.05) is 11.9 Å². The third kappa shape index (κ3) is 4.95. The minimum Gasteiger partial charge on any atom is -0.509 e. The summed E-state index contributed by atoms with van der Waals surface area (Å²) in [5.74, 6) is -1.13. The molecular formula is C12H12BrN3O5. The number of carbonyl (C=O) groups is 1. The summed E-state index contributed by atoms with van der Waals surface area (Å²) < 4.78 is 4.75. The van der Waals surface area contributed by atoms with Gasteiger partial charge in [-0.15, -0.1) is 5.11 Å². The maximum absolute atomic E-state index is 11.6. The van der Waals surface area contributed by atoms with Gasteiger partial charge in [0.2, 0.25) is 5.70 Å². The molecule has 0 radical (unpaired) electrons. The topological polar surface area (TPSA) is 114 Å². The van der Waals surface area contributed by atoms with E-state index in [0.29, 0.717) is 5.69 Å². The van der Waals surface area contributed by atoms with Gasteiger partial charge >= 0.3 is 5.97 Å². The van der Waals surface area contributed by atoms with Crippen molar-refractivity contribution >= 4 is 33.3 Å². The van der Waals surface area contributed by atoms with Gasteiger partial charge in [0.05, 0.1) is 22.5 Å². The van der Waals surface area contributed by atoms with Gasteiger partial charge in [-0.05, 0) is 19.1 Å². The van der Waals surface area contributed by atoms with Gasteiger partial charge in [0.15, 0.2) is 0 Å². The fourth-order valence-corrected chi connectivity index (χ4v) is 1.49. The van der Waals surface area contributed by atoms with Crippen LogP contribution in [0.5, 0.6) is 0 Å². The number of rotatable bonds is 6. The normalized spacial score (nSPS) is 12.1. The molecule has 0 heterocycles. The van der Waals surface area contributed by atoms with Gasteiger partial charge in [0, 0.05) is 12.1 Å². The van der Waals surface area contributed by atoms with Crippen LogP contribution < -0.4 is 0 Å². The lowest BCUT2D eigenvalue weighted by Gasteiger charge is -2.03. The Morgan fingerprint density at radius 3 is 2.52 bits per heavy atom. The molecule has 8 nitrogen and oxygen atoms in total. The first kappa shape index (κ1) is 16.8. The Bertz CT molecular complexity index is 583. The van der Waals surface area contributed by atoms with Crippen molar-refractivity contribution in [2.45, 2.75) is 6.92 Å². The molecule has 1 N–H and O–H groups in total. The van der Waals surface area contributed by atoms with Gasteiger partial charge in [0.1, 0.15) is 5.76 Å². The van der Waals surface area contributed by atoms with Crippen LogP contribution in [-0.2, 0) is 9.53 Å². The maximum Gasteiger partial charge on any atom is 0.362 e. The number of nitro groups is 1. The predicted molar refractivity (Wildman–Crippen MR) is 77.7 cm³/mol. The second kappa shape index (κ2) is 8.10. The molecule has 0 fully saturated rings. The number of carbonyl (C=O) groups excluding carboxylic acids is 1. The highest BCUT2D eigenvalue weighted by Gasteiger charge is 2.16. The number of aliphatic hydroxyl groups is 1. The standard InChI is InChI=1S/C12H12BrN3O5/c1-2-21-12(18)11(10(17)7-13)15-14-8-3-5-9(6-4-8)16(19)20/h3-6,17H,2,7H2,1H3/b11-10+,15-14?. The van der Waals surface area contributed by atoms with E-state index in [2.05, 4.69) is 26.2 Å². The Morgan fingerprint density at radius 1 is 1.43 bits per heavy atom. The fourth-order valence-electron chi connectivity index (χ4n) is 1.23. The molecule has 1 aromatic rings. The predicted octanol–water partition coefficient (Wildman–Crippen LogP) is 3.41. The fraction of sp³-hybridized carbons (Fsp3) is 0.250. The van der Waals surface area contributed by atoms with Crippen LogP contribution in [0.4, 0.5) is 11.4 Å². The molecule has 0 amide bonds. The average molecular weight is 358 g/mol. The van der Waals surface area contributed by atoms with Crippen molar-refractivity contribution in [1.29, 1.82) is 0 Å².